The van der Waals surface area contributed by atoms with Crippen molar-refractivity contribution in [3.8, 4) is 0 Å². The van der Waals surface area contributed by atoms with Gasteiger partial charge in [0.1, 0.15) is 5.76 Å². The fourth-order valence-corrected chi connectivity index (χ4v) is 2.81. The minimum Gasteiger partial charge on any atom is -0.465 e. The zero-order valence-corrected chi connectivity index (χ0v) is 13.1. The van der Waals surface area contributed by atoms with Gasteiger partial charge in [-0.3, -0.25) is 14.9 Å². The highest BCUT2D eigenvalue weighted by Gasteiger charge is 2.19. The molecule has 1 aromatic heterocycles. The van der Waals surface area contributed by atoms with Gasteiger partial charge in [0.25, 0.3) is 5.69 Å². The first-order valence-electron chi connectivity index (χ1n) is 7.87. The fraction of sp³-hybridized carbons (Fsp3) is 0.211. The van der Waals surface area contributed by atoms with Crippen LogP contribution in [0.1, 0.15) is 37.0 Å². The van der Waals surface area contributed by atoms with E-state index in [1.807, 2.05) is 6.07 Å². The lowest BCUT2D eigenvalue weighted by Gasteiger charge is -2.05. The summed E-state index contributed by atoms with van der Waals surface area (Å²) in [7, 11) is 0. The van der Waals surface area contributed by atoms with Crippen LogP contribution in [0.15, 0.2) is 58.2 Å². The first-order valence-corrected chi connectivity index (χ1v) is 7.87. The van der Waals surface area contributed by atoms with Crippen LogP contribution in [0, 0.1) is 10.1 Å². The maximum absolute atomic E-state index is 12.8. The molecule has 24 heavy (non-hydrogen) atoms. The quantitative estimate of drug-likeness (QED) is 0.352. The number of carbonyl (C=O) groups is 1. The molecule has 0 bridgehead atoms. The molecule has 0 aliphatic heterocycles. The number of non-ortho nitro benzene ring substituents is 1. The fourth-order valence-electron chi connectivity index (χ4n) is 2.81. The Kier molecular flexibility index (Phi) is 4.70. The van der Waals surface area contributed by atoms with Gasteiger partial charge in [0.2, 0.25) is 0 Å². The smallest absolute Gasteiger partial charge is 0.270 e. The molecule has 2 aromatic rings. The second-order valence-electron chi connectivity index (χ2n) is 5.74. The van der Waals surface area contributed by atoms with Crippen LogP contribution in [-0.2, 0) is 4.79 Å². The highest BCUT2D eigenvalue weighted by molar-refractivity contribution is 6.13. The zero-order valence-electron chi connectivity index (χ0n) is 13.1. The molecular weight excluding hydrogens is 306 g/mol. The van der Waals surface area contributed by atoms with Crippen molar-refractivity contribution in [2.24, 2.45) is 0 Å². The van der Waals surface area contributed by atoms with Crippen LogP contribution in [0.25, 0.3) is 12.2 Å². The van der Waals surface area contributed by atoms with E-state index in [2.05, 4.69) is 0 Å². The number of hydrogen-bond donors (Lipinski definition) is 0. The van der Waals surface area contributed by atoms with Gasteiger partial charge >= 0.3 is 0 Å². The highest BCUT2D eigenvalue weighted by atomic mass is 16.6. The summed E-state index contributed by atoms with van der Waals surface area (Å²) in [6, 6.07) is 9.93. The molecule has 1 saturated carbocycles. The normalized spacial score (nSPS) is 18.8. The van der Waals surface area contributed by atoms with E-state index >= 15 is 0 Å². The van der Waals surface area contributed by atoms with Crippen LogP contribution in [0.2, 0.25) is 0 Å². The Hall–Kier alpha value is -2.95. The third kappa shape index (κ3) is 3.68. The molecule has 5 nitrogen and oxygen atoms in total. The van der Waals surface area contributed by atoms with Gasteiger partial charge in [0.05, 0.1) is 11.2 Å². The summed E-state index contributed by atoms with van der Waals surface area (Å²) >= 11 is 0. The molecule has 1 aliphatic carbocycles. The first-order chi connectivity index (χ1) is 11.6. The Labute approximate surface area is 139 Å². The van der Waals surface area contributed by atoms with Gasteiger partial charge in [0, 0.05) is 23.3 Å². The van der Waals surface area contributed by atoms with Crippen molar-refractivity contribution in [3.63, 3.8) is 0 Å². The van der Waals surface area contributed by atoms with E-state index in [-0.39, 0.29) is 11.5 Å². The summed E-state index contributed by atoms with van der Waals surface area (Å²) in [5, 5.41) is 10.9. The van der Waals surface area contributed by atoms with E-state index < -0.39 is 4.92 Å². The summed E-state index contributed by atoms with van der Waals surface area (Å²) in [5.74, 6) is 0.658. The lowest BCUT2D eigenvalue weighted by atomic mass is 9.99. The van der Waals surface area contributed by atoms with Gasteiger partial charge < -0.3 is 4.42 Å². The number of nitro groups is 1. The van der Waals surface area contributed by atoms with E-state index in [1.165, 1.54) is 12.1 Å². The van der Waals surface area contributed by atoms with Gasteiger partial charge in [-0.15, -0.1) is 0 Å². The Morgan fingerprint density at radius 1 is 1.04 bits per heavy atom. The molecule has 5 heteroatoms. The molecule has 0 atom stereocenters. The number of benzene rings is 1. The van der Waals surface area contributed by atoms with Crippen LogP contribution in [0.3, 0.4) is 0 Å². The number of nitro benzene ring substituents is 1. The van der Waals surface area contributed by atoms with Crippen molar-refractivity contribution in [2.45, 2.75) is 25.7 Å². The number of rotatable bonds is 3. The molecule has 1 aliphatic rings. The largest absolute Gasteiger partial charge is 0.465 e. The van der Waals surface area contributed by atoms with E-state index in [1.54, 1.807) is 36.6 Å². The lowest BCUT2D eigenvalue weighted by Crippen LogP contribution is -2.03. The Bertz CT molecular complexity index is 816. The second kappa shape index (κ2) is 7.08. The van der Waals surface area contributed by atoms with Crippen LogP contribution >= 0.6 is 0 Å². The SMILES string of the molecule is O=C1C(=Cc2cccc([N+](=O)[O-])c2)CCCCC1=Cc1ccco1. The van der Waals surface area contributed by atoms with E-state index in [4.69, 9.17) is 4.42 Å². The molecule has 0 N–H and O–H groups in total. The minimum absolute atomic E-state index is 0.00425. The monoisotopic (exact) mass is 323 g/mol. The average Bonchev–Trinajstić information content (AvgIpc) is 3.03. The van der Waals surface area contributed by atoms with Crippen molar-refractivity contribution in [1.29, 1.82) is 0 Å². The topological polar surface area (TPSA) is 73.3 Å². The molecule has 0 spiro atoms. The molecule has 1 heterocycles. The summed E-state index contributed by atoms with van der Waals surface area (Å²) in [6.07, 6.45) is 8.37. The average molecular weight is 323 g/mol. The number of furan rings is 1. The Morgan fingerprint density at radius 2 is 1.79 bits per heavy atom. The third-order valence-electron chi connectivity index (χ3n) is 4.01. The van der Waals surface area contributed by atoms with Crippen LogP contribution in [0.4, 0.5) is 5.69 Å². The number of nitrogens with zero attached hydrogens (tertiary/aromatic N) is 1. The van der Waals surface area contributed by atoms with Crippen molar-refractivity contribution in [3.05, 3.63) is 75.2 Å². The third-order valence-corrected chi connectivity index (χ3v) is 4.01. The molecule has 0 unspecified atom stereocenters. The molecule has 1 fully saturated rings. The summed E-state index contributed by atoms with van der Waals surface area (Å²) < 4.78 is 5.30. The van der Waals surface area contributed by atoms with Gasteiger partial charge in [0.15, 0.2) is 5.78 Å². The Balaban J connectivity index is 1.92. The highest BCUT2D eigenvalue weighted by Crippen LogP contribution is 2.27. The molecule has 0 radical (unpaired) electrons. The van der Waals surface area contributed by atoms with Crippen LogP contribution < -0.4 is 0 Å². The molecular formula is C19H17NO4. The number of Topliss-reactive ketones (excluding diaryl/α,β-unsaturated/α-hetero) is 1. The molecule has 122 valence electrons. The summed E-state index contributed by atoms with van der Waals surface area (Å²) in [5.41, 5.74) is 2.11. The number of allylic oxidation sites excluding steroid dienone is 2. The standard InChI is InChI=1S/C19H17NO4/c21-19-15(11-14-5-3-8-17(12-14)20(22)23)6-1-2-7-16(19)13-18-9-4-10-24-18/h3-5,8-13H,1-2,6-7H2. The van der Waals surface area contributed by atoms with Gasteiger partial charge in [-0.25, -0.2) is 0 Å². The predicted molar refractivity (Wildman–Crippen MR) is 91.2 cm³/mol. The van der Waals surface area contributed by atoms with Gasteiger partial charge in [-0.1, -0.05) is 12.1 Å². The number of carbonyl (C=O) groups excluding carboxylic acids is 1. The minimum atomic E-state index is -0.431. The lowest BCUT2D eigenvalue weighted by molar-refractivity contribution is -0.384. The summed E-state index contributed by atoms with van der Waals surface area (Å²) in [6.45, 7) is 0. The number of ketones is 1. The van der Waals surface area contributed by atoms with E-state index in [0.717, 1.165) is 18.4 Å². The molecule has 0 amide bonds. The molecule has 0 saturated heterocycles. The van der Waals surface area contributed by atoms with Gasteiger partial charge in [-0.05, 0) is 55.5 Å². The van der Waals surface area contributed by atoms with Crippen molar-refractivity contribution < 1.29 is 14.1 Å². The Morgan fingerprint density at radius 3 is 2.46 bits per heavy atom. The predicted octanol–water partition coefficient (Wildman–Crippen LogP) is 4.80. The van der Waals surface area contributed by atoms with Crippen LogP contribution in [0.5, 0.6) is 0 Å². The maximum atomic E-state index is 12.8. The maximum Gasteiger partial charge on any atom is 0.270 e. The molecule has 1 aromatic carbocycles. The van der Waals surface area contributed by atoms with Crippen molar-refractivity contribution >= 4 is 23.6 Å². The van der Waals surface area contributed by atoms with Crippen LogP contribution in [-0.4, -0.2) is 10.7 Å². The van der Waals surface area contributed by atoms with Crippen molar-refractivity contribution in [2.75, 3.05) is 0 Å². The second-order valence-corrected chi connectivity index (χ2v) is 5.74. The van der Waals surface area contributed by atoms with E-state index in [9.17, 15) is 14.9 Å². The van der Waals surface area contributed by atoms with Gasteiger partial charge in [-0.2, -0.15) is 0 Å². The number of hydrogen-bond acceptors (Lipinski definition) is 4. The first kappa shape index (κ1) is 15.9. The van der Waals surface area contributed by atoms with E-state index in [0.29, 0.717) is 29.7 Å². The van der Waals surface area contributed by atoms with Crippen molar-refractivity contribution in [1.82, 2.24) is 0 Å². The molecule has 3 rings (SSSR count). The summed E-state index contributed by atoms with van der Waals surface area (Å²) in [4.78, 5) is 23.2. The zero-order chi connectivity index (χ0) is 16.9.